The summed E-state index contributed by atoms with van der Waals surface area (Å²) in [6.07, 6.45) is 1.13. The number of nitrogens with one attached hydrogen (secondary N) is 2. The van der Waals surface area contributed by atoms with Crippen molar-refractivity contribution in [3.05, 3.63) is 0 Å². The Labute approximate surface area is 139 Å². The fourth-order valence-corrected chi connectivity index (χ4v) is 3.13. The van der Waals surface area contributed by atoms with Gasteiger partial charge in [0.1, 0.15) is 0 Å². The molecule has 2 heterocycles. The molecule has 0 aromatic heterocycles. The highest BCUT2D eigenvalue weighted by Crippen LogP contribution is 2.22. The molecule has 2 atom stereocenters. The molecule has 2 aliphatic rings. The molecule has 2 fully saturated rings. The molecule has 7 heteroatoms. The molecule has 7 nitrogen and oxygen atoms in total. The molecule has 134 valence electrons. The minimum absolute atomic E-state index is 0.430. The lowest BCUT2D eigenvalue weighted by atomic mass is 9.97. The largest absolute Gasteiger partial charge is 0.383 e. The van der Waals surface area contributed by atoms with Gasteiger partial charge in [0.2, 0.25) is 0 Å². The summed E-state index contributed by atoms with van der Waals surface area (Å²) in [5.41, 5.74) is 0. The van der Waals surface area contributed by atoms with Crippen LogP contribution in [0.2, 0.25) is 0 Å². The molecule has 2 N–H and O–H groups in total. The first-order valence-electron chi connectivity index (χ1n) is 8.75. The summed E-state index contributed by atoms with van der Waals surface area (Å²) in [4.78, 5) is 7.33. The van der Waals surface area contributed by atoms with Gasteiger partial charge in [-0.05, 0) is 13.3 Å². The van der Waals surface area contributed by atoms with Crippen LogP contribution in [-0.4, -0.2) is 89.8 Å². The molecular formula is C16H32N4O3. The van der Waals surface area contributed by atoms with E-state index in [1.165, 1.54) is 0 Å². The van der Waals surface area contributed by atoms with E-state index in [0.29, 0.717) is 18.6 Å². The van der Waals surface area contributed by atoms with E-state index < -0.39 is 0 Å². The number of ether oxygens (including phenoxy) is 3. The molecule has 0 aliphatic carbocycles. The van der Waals surface area contributed by atoms with Gasteiger partial charge in [-0.1, -0.05) is 0 Å². The van der Waals surface area contributed by atoms with E-state index in [0.717, 1.165) is 71.5 Å². The van der Waals surface area contributed by atoms with Crippen molar-refractivity contribution in [3.63, 3.8) is 0 Å². The number of nitrogens with zero attached hydrogens (tertiary/aromatic N) is 2. The van der Waals surface area contributed by atoms with Crippen molar-refractivity contribution in [2.75, 3.05) is 72.9 Å². The highest BCUT2D eigenvalue weighted by molar-refractivity contribution is 5.79. The number of rotatable bonds is 8. The highest BCUT2D eigenvalue weighted by atomic mass is 16.5. The van der Waals surface area contributed by atoms with Gasteiger partial charge in [-0.3, -0.25) is 9.89 Å². The molecule has 0 bridgehead atoms. The maximum atomic E-state index is 5.61. The van der Waals surface area contributed by atoms with Gasteiger partial charge < -0.3 is 24.8 Å². The maximum Gasteiger partial charge on any atom is 0.191 e. The van der Waals surface area contributed by atoms with Gasteiger partial charge in [-0.25, -0.2) is 0 Å². The lowest BCUT2D eigenvalue weighted by molar-refractivity contribution is 0.00368. The fourth-order valence-electron chi connectivity index (χ4n) is 3.13. The average Bonchev–Trinajstić information content (AvgIpc) is 3.10. The predicted molar refractivity (Wildman–Crippen MR) is 91.0 cm³/mol. The number of hydrogen-bond acceptors (Lipinski definition) is 5. The Hall–Kier alpha value is -0.890. The van der Waals surface area contributed by atoms with Crippen LogP contribution in [0, 0.1) is 5.92 Å². The van der Waals surface area contributed by atoms with Crippen molar-refractivity contribution in [2.24, 2.45) is 10.9 Å². The van der Waals surface area contributed by atoms with E-state index >= 15 is 0 Å². The summed E-state index contributed by atoms with van der Waals surface area (Å²) < 4.78 is 16.2. The second kappa shape index (κ2) is 10.8. The van der Waals surface area contributed by atoms with Crippen LogP contribution < -0.4 is 10.6 Å². The molecule has 0 aromatic carbocycles. The van der Waals surface area contributed by atoms with Gasteiger partial charge >= 0.3 is 0 Å². The van der Waals surface area contributed by atoms with Gasteiger partial charge in [0.25, 0.3) is 0 Å². The van der Waals surface area contributed by atoms with Crippen molar-refractivity contribution >= 4 is 5.96 Å². The lowest BCUT2D eigenvalue weighted by Crippen LogP contribution is -2.49. The Morgan fingerprint density at radius 2 is 2.09 bits per heavy atom. The molecule has 0 aromatic rings. The molecule has 2 rings (SSSR count). The second-order valence-electron chi connectivity index (χ2n) is 5.98. The van der Waals surface area contributed by atoms with Gasteiger partial charge in [0.15, 0.2) is 5.96 Å². The topological polar surface area (TPSA) is 67.4 Å². The quantitative estimate of drug-likeness (QED) is 0.369. The number of hydrogen-bond donors (Lipinski definition) is 2. The van der Waals surface area contributed by atoms with Crippen LogP contribution >= 0.6 is 0 Å². The molecule has 0 radical (unpaired) electrons. The van der Waals surface area contributed by atoms with Crippen LogP contribution in [-0.2, 0) is 14.2 Å². The molecule has 2 unspecified atom stereocenters. The number of guanidine groups is 1. The zero-order valence-corrected chi connectivity index (χ0v) is 14.6. The van der Waals surface area contributed by atoms with Gasteiger partial charge in [-0.2, -0.15) is 0 Å². The third-order valence-corrected chi connectivity index (χ3v) is 4.40. The van der Waals surface area contributed by atoms with Gasteiger partial charge in [-0.15, -0.1) is 0 Å². The van der Waals surface area contributed by atoms with E-state index in [1.807, 2.05) is 0 Å². The molecular weight excluding hydrogens is 296 g/mol. The fraction of sp³-hybridized carbons (Fsp3) is 0.938. The summed E-state index contributed by atoms with van der Waals surface area (Å²) in [5, 5.41) is 6.61. The van der Waals surface area contributed by atoms with Gasteiger partial charge in [0, 0.05) is 51.9 Å². The summed E-state index contributed by atoms with van der Waals surface area (Å²) in [6, 6.07) is 0.430. The van der Waals surface area contributed by atoms with Crippen LogP contribution in [0.1, 0.15) is 13.3 Å². The van der Waals surface area contributed by atoms with Crippen LogP contribution in [0.3, 0.4) is 0 Å². The van der Waals surface area contributed by atoms with E-state index in [9.17, 15) is 0 Å². The molecule has 2 saturated heterocycles. The van der Waals surface area contributed by atoms with Crippen molar-refractivity contribution in [3.8, 4) is 0 Å². The van der Waals surface area contributed by atoms with Gasteiger partial charge in [0.05, 0.1) is 33.0 Å². The van der Waals surface area contributed by atoms with Crippen LogP contribution in [0.15, 0.2) is 4.99 Å². The van der Waals surface area contributed by atoms with E-state index in [-0.39, 0.29) is 0 Å². The van der Waals surface area contributed by atoms with E-state index in [2.05, 4.69) is 22.5 Å². The minimum atomic E-state index is 0.430. The zero-order valence-electron chi connectivity index (χ0n) is 14.6. The third kappa shape index (κ3) is 6.25. The van der Waals surface area contributed by atoms with Crippen molar-refractivity contribution in [1.29, 1.82) is 0 Å². The Kier molecular flexibility index (Phi) is 8.67. The number of methoxy groups -OCH3 is 1. The van der Waals surface area contributed by atoms with Crippen LogP contribution in [0.5, 0.6) is 0 Å². The first kappa shape index (κ1) is 18.4. The van der Waals surface area contributed by atoms with Crippen LogP contribution in [0.25, 0.3) is 0 Å². The molecule has 23 heavy (non-hydrogen) atoms. The third-order valence-electron chi connectivity index (χ3n) is 4.40. The number of morpholine rings is 1. The Balaban J connectivity index is 1.94. The zero-order chi connectivity index (χ0) is 16.3. The first-order valence-corrected chi connectivity index (χ1v) is 8.75. The summed E-state index contributed by atoms with van der Waals surface area (Å²) in [7, 11) is 1.71. The molecule has 0 amide bonds. The standard InChI is InChI=1S/C16H32N4O3/c1-3-17-16(18-5-9-21-2)19-12-15(14-4-8-23-13-14)20-6-10-22-11-7-20/h14-15H,3-13H2,1-2H3,(H2,17,18,19). The maximum absolute atomic E-state index is 5.61. The highest BCUT2D eigenvalue weighted by Gasteiger charge is 2.31. The lowest BCUT2D eigenvalue weighted by Gasteiger charge is -2.36. The predicted octanol–water partition coefficient (Wildman–Crippen LogP) is -0.0748. The smallest absolute Gasteiger partial charge is 0.191 e. The Morgan fingerprint density at radius 1 is 1.26 bits per heavy atom. The summed E-state index contributed by atoms with van der Waals surface area (Å²) >= 11 is 0. The first-order chi connectivity index (χ1) is 11.3. The molecule has 2 aliphatic heterocycles. The van der Waals surface area contributed by atoms with Crippen molar-refractivity contribution in [1.82, 2.24) is 15.5 Å². The number of aliphatic imine (C=N–C) groups is 1. The SMILES string of the molecule is CCNC(=NCC(C1CCOC1)N1CCOCC1)NCCOC. The normalized spacial score (nSPS) is 24.6. The van der Waals surface area contributed by atoms with E-state index in [4.69, 9.17) is 19.2 Å². The summed E-state index contributed by atoms with van der Waals surface area (Å²) in [6.45, 7) is 10.5. The second-order valence-corrected chi connectivity index (χ2v) is 5.98. The molecule has 0 spiro atoms. The van der Waals surface area contributed by atoms with Crippen molar-refractivity contribution in [2.45, 2.75) is 19.4 Å². The molecule has 0 saturated carbocycles. The average molecular weight is 328 g/mol. The van der Waals surface area contributed by atoms with Crippen LogP contribution in [0.4, 0.5) is 0 Å². The minimum Gasteiger partial charge on any atom is -0.383 e. The Morgan fingerprint density at radius 3 is 2.74 bits per heavy atom. The Bertz CT molecular complexity index is 342. The monoisotopic (exact) mass is 328 g/mol. The summed E-state index contributed by atoms with van der Waals surface area (Å²) in [5.74, 6) is 1.43. The van der Waals surface area contributed by atoms with Crippen molar-refractivity contribution < 1.29 is 14.2 Å². The van der Waals surface area contributed by atoms with E-state index in [1.54, 1.807) is 7.11 Å².